The average molecular weight is 340 g/mol. The molecule has 1 N–H and O–H groups in total. The van der Waals surface area contributed by atoms with Crippen LogP contribution in [0, 0.1) is 5.82 Å². The molecule has 0 radical (unpaired) electrons. The van der Waals surface area contributed by atoms with Gasteiger partial charge in [-0.25, -0.2) is 4.39 Å². The van der Waals surface area contributed by atoms with Crippen molar-refractivity contribution in [3.8, 4) is 0 Å². The van der Waals surface area contributed by atoms with E-state index in [-0.39, 0.29) is 11.7 Å². The molecule has 3 aromatic rings. The molecule has 0 unspecified atom stereocenters. The first kappa shape index (κ1) is 16.5. The van der Waals surface area contributed by atoms with Crippen LogP contribution in [-0.2, 0) is 5.75 Å². The Balaban J connectivity index is 1.51. The van der Waals surface area contributed by atoms with Crippen LogP contribution in [0.15, 0.2) is 60.8 Å². The molecule has 0 aliphatic carbocycles. The number of halogens is 1. The van der Waals surface area contributed by atoms with Crippen molar-refractivity contribution in [1.29, 1.82) is 0 Å². The van der Waals surface area contributed by atoms with Crippen LogP contribution in [0.3, 0.4) is 0 Å². The van der Waals surface area contributed by atoms with Crippen LogP contribution < -0.4 is 5.32 Å². The first-order valence-electron chi connectivity index (χ1n) is 7.69. The lowest BCUT2D eigenvalue weighted by atomic mass is 10.1. The Morgan fingerprint density at radius 3 is 2.83 bits per heavy atom. The molecule has 0 spiro atoms. The maximum Gasteiger partial charge on any atom is 0.251 e. The summed E-state index contributed by atoms with van der Waals surface area (Å²) in [6.45, 7) is 0.536. The topological polar surface area (TPSA) is 42.0 Å². The molecule has 0 aliphatic heterocycles. The van der Waals surface area contributed by atoms with Crippen LogP contribution in [-0.4, -0.2) is 23.2 Å². The average Bonchev–Trinajstić information content (AvgIpc) is 2.62. The van der Waals surface area contributed by atoms with Gasteiger partial charge in [0.25, 0.3) is 5.91 Å². The van der Waals surface area contributed by atoms with E-state index >= 15 is 0 Å². The summed E-state index contributed by atoms with van der Waals surface area (Å²) in [6.07, 6.45) is 1.71. The number of fused-ring (bicyclic) bond motifs is 1. The number of nitrogens with zero attached hydrogens (tertiary/aromatic N) is 1. The zero-order chi connectivity index (χ0) is 16.8. The van der Waals surface area contributed by atoms with E-state index in [1.165, 1.54) is 6.07 Å². The van der Waals surface area contributed by atoms with Crippen molar-refractivity contribution in [2.45, 2.75) is 5.75 Å². The number of amides is 1. The van der Waals surface area contributed by atoms with Gasteiger partial charge in [0.15, 0.2) is 0 Å². The highest BCUT2D eigenvalue weighted by atomic mass is 32.2. The van der Waals surface area contributed by atoms with Gasteiger partial charge in [-0.2, -0.15) is 11.8 Å². The predicted molar refractivity (Wildman–Crippen MR) is 96.6 cm³/mol. The minimum Gasteiger partial charge on any atom is -0.351 e. The Labute approximate surface area is 144 Å². The molecular weight excluding hydrogens is 323 g/mol. The van der Waals surface area contributed by atoms with E-state index < -0.39 is 0 Å². The molecule has 0 saturated heterocycles. The number of thioether (sulfide) groups is 1. The zero-order valence-electron chi connectivity index (χ0n) is 13.0. The number of rotatable bonds is 6. The number of carbonyl (C=O) groups is 1. The number of pyridine rings is 1. The van der Waals surface area contributed by atoms with Gasteiger partial charge in [-0.15, -0.1) is 0 Å². The number of hydrogen-bond donors (Lipinski definition) is 1. The largest absolute Gasteiger partial charge is 0.351 e. The number of nitrogens with one attached hydrogen (secondary N) is 1. The van der Waals surface area contributed by atoms with Gasteiger partial charge in [0.1, 0.15) is 5.82 Å². The standard InChI is InChI=1S/C19H17FN2OS/c20-17-8-2-1-5-14(17)13-24-12-11-22-19(23)16-6-3-9-18-15(16)7-4-10-21-18/h1-10H,11-13H2,(H,22,23). The van der Waals surface area contributed by atoms with E-state index in [4.69, 9.17) is 0 Å². The quantitative estimate of drug-likeness (QED) is 0.689. The van der Waals surface area contributed by atoms with Gasteiger partial charge >= 0.3 is 0 Å². The van der Waals surface area contributed by atoms with Crippen molar-refractivity contribution in [2.24, 2.45) is 0 Å². The van der Waals surface area contributed by atoms with E-state index in [1.807, 2.05) is 30.3 Å². The summed E-state index contributed by atoms with van der Waals surface area (Å²) in [5.41, 5.74) is 2.12. The second-order valence-corrected chi connectivity index (χ2v) is 6.38. The van der Waals surface area contributed by atoms with E-state index in [2.05, 4.69) is 10.3 Å². The van der Waals surface area contributed by atoms with Crippen LogP contribution >= 0.6 is 11.8 Å². The van der Waals surface area contributed by atoms with Crippen molar-refractivity contribution in [3.05, 3.63) is 77.7 Å². The molecule has 3 nitrogen and oxygen atoms in total. The lowest BCUT2D eigenvalue weighted by Crippen LogP contribution is -2.26. The summed E-state index contributed by atoms with van der Waals surface area (Å²) in [5, 5.41) is 3.75. The van der Waals surface area contributed by atoms with E-state index in [0.717, 1.165) is 16.7 Å². The minimum atomic E-state index is -0.183. The third kappa shape index (κ3) is 3.92. The summed E-state index contributed by atoms with van der Waals surface area (Å²) in [7, 11) is 0. The van der Waals surface area contributed by atoms with Gasteiger partial charge < -0.3 is 5.32 Å². The van der Waals surface area contributed by atoms with Crippen LogP contribution in [0.2, 0.25) is 0 Å². The summed E-state index contributed by atoms with van der Waals surface area (Å²) < 4.78 is 13.5. The highest BCUT2D eigenvalue weighted by molar-refractivity contribution is 7.98. The smallest absolute Gasteiger partial charge is 0.251 e. The number of aromatic nitrogens is 1. The molecule has 0 aliphatic rings. The van der Waals surface area contributed by atoms with Crippen molar-refractivity contribution < 1.29 is 9.18 Å². The van der Waals surface area contributed by atoms with Gasteiger partial charge in [0.05, 0.1) is 5.52 Å². The third-order valence-electron chi connectivity index (χ3n) is 3.64. The van der Waals surface area contributed by atoms with E-state index in [9.17, 15) is 9.18 Å². The number of carbonyl (C=O) groups excluding carboxylic acids is 1. The molecule has 1 amide bonds. The van der Waals surface area contributed by atoms with Crippen molar-refractivity contribution in [1.82, 2.24) is 10.3 Å². The molecule has 122 valence electrons. The fourth-order valence-corrected chi connectivity index (χ4v) is 3.28. The van der Waals surface area contributed by atoms with Crippen molar-refractivity contribution in [2.75, 3.05) is 12.3 Å². The Bertz CT molecular complexity index is 848. The van der Waals surface area contributed by atoms with Crippen LogP contribution in [0.25, 0.3) is 10.9 Å². The number of hydrogen-bond acceptors (Lipinski definition) is 3. The molecule has 2 aromatic carbocycles. The van der Waals surface area contributed by atoms with E-state index in [0.29, 0.717) is 23.4 Å². The summed E-state index contributed by atoms with van der Waals surface area (Å²) >= 11 is 1.59. The fraction of sp³-hybridized carbons (Fsp3) is 0.158. The van der Waals surface area contributed by atoms with Gasteiger partial charge in [-0.1, -0.05) is 30.3 Å². The van der Waals surface area contributed by atoms with Gasteiger partial charge in [0, 0.05) is 35.2 Å². The molecular formula is C19H17FN2OS. The summed E-state index contributed by atoms with van der Waals surface area (Å²) in [5.74, 6) is 1.03. The molecule has 3 rings (SSSR count). The van der Waals surface area contributed by atoms with Gasteiger partial charge in [0.2, 0.25) is 0 Å². The maximum atomic E-state index is 13.5. The Kier molecular flexibility index (Phi) is 5.43. The molecule has 1 heterocycles. The normalized spacial score (nSPS) is 10.7. The van der Waals surface area contributed by atoms with Gasteiger partial charge in [-0.3, -0.25) is 9.78 Å². The lowest BCUT2D eigenvalue weighted by molar-refractivity contribution is 0.0958. The molecule has 0 atom stereocenters. The molecule has 24 heavy (non-hydrogen) atoms. The van der Waals surface area contributed by atoms with Crippen LogP contribution in [0.1, 0.15) is 15.9 Å². The third-order valence-corrected chi connectivity index (χ3v) is 4.65. The van der Waals surface area contributed by atoms with Crippen molar-refractivity contribution in [3.63, 3.8) is 0 Å². The molecule has 0 fully saturated rings. The Hall–Kier alpha value is -2.40. The minimum absolute atomic E-state index is 0.111. The summed E-state index contributed by atoms with van der Waals surface area (Å²) in [4.78, 5) is 16.6. The van der Waals surface area contributed by atoms with Crippen LogP contribution in [0.5, 0.6) is 0 Å². The second-order valence-electron chi connectivity index (χ2n) is 5.28. The van der Waals surface area contributed by atoms with E-state index in [1.54, 1.807) is 36.2 Å². The number of benzene rings is 2. The fourth-order valence-electron chi connectivity index (χ4n) is 2.43. The first-order valence-corrected chi connectivity index (χ1v) is 8.84. The first-order chi connectivity index (χ1) is 11.8. The monoisotopic (exact) mass is 340 g/mol. The zero-order valence-corrected chi connectivity index (χ0v) is 13.9. The molecule has 0 saturated carbocycles. The molecule has 0 bridgehead atoms. The SMILES string of the molecule is O=C(NCCSCc1ccccc1F)c1cccc2ncccc12. The molecule has 5 heteroatoms. The lowest BCUT2D eigenvalue weighted by Gasteiger charge is -2.08. The highest BCUT2D eigenvalue weighted by Crippen LogP contribution is 2.17. The summed E-state index contributed by atoms with van der Waals surface area (Å²) in [6, 6.07) is 16.0. The highest BCUT2D eigenvalue weighted by Gasteiger charge is 2.09. The second kappa shape index (κ2) is 7.93. The predicted octanol–water partition coefficient (Wildman–Crippen LogP) is 4.04. The van der Waals surface area contributed by atoms with Crippen LogP contribution in [0.4, 0.5) is 4.39 Å². The Morgan fingerprint density at radius 1 is 1.08 bits per heavy atom. The van der Waals surface area contributed by atoms with Crippen molar-refractivity contribution >= 4 is 28.6 Å². The van der Waals surface area contributed by atoms with Gasteiger partial charge in [-0.05, 0) is 29.8 Å². The maximum absolute atomic E-state index is 13.5. The molecule has 1 aromatic heterocycles. The Morgan fingerprint density at radius 2 is 1.96 bits per heavy atom.